The summed E-state index contributed by atoms with van der Waals surface area (Å²) in [4.78, 5) is 27.0. The quantitative estimate of drug-likeness (QED) is 0.0783. The van der Waals surface area contributed by atoms with E-state index in [4.69, 9.17) is 59.7 Å². The van der Waals surface area contributed by atoms with Gasteiger partial charge in [0, 0.05) is 0 Å². The first-order valence-corrected chi connectivity index (χ1v) is 28.4. The van der Waals surface area contributed by atoms with Crippen LogP contribution in [0.15, 0.2) is 187 Å². The zero-order valence-electron chi connectivity index (χ0n) is 36.8. The molecule has 3 atom stereocenters. The SMILES string of the molecule is CON1P(OC)NPNPN=P(Oc2ccccc2)(Oc2ccccc2)N(OC)P(OC)(Oc2ccccc2)(Oc2ccccc2)N(OC)P1(OC)(Oc1ccccc1)Oc1ccccc1. The van der Waals surface area contributed by atoms with Crippen molar-refractivity contribution in [3.8, 4) is 34.5 Å². The van der Waals surface area contributed by atoms with Crippen molar-refractivity contribution in [2.45, 2.75) is 0 Å². The molecule has 18 nitrogen and oxygen atoms in total. The van der Waals surface area contributed by atoms with Gasteiger partial charge in [0.2, 0.25) is 0 Å². The number of hydrogen-bond donors (Lipinski definition) is 2. The number of hydrogen-bond acceptors (Lipinski definition) is 18. The molecule has 352 valence electrons. The fourth-order valence-corrected chi connectivity index (χ4v) is 25.4. The summed E-state index contributed by atoms with van der Waals surface area (Å²) in [5.41, 5.74) is 0. The van der Waals surface area contributed by atoms with Crippen molar-refractivity contribution in [1.29, 1.82) is 0 Å². The van der Waals surface area contributed by atoms with Crippen LogP contribution in [0.5, 0.6) is 34.5 Å². The molecule has 1 aliphatic heterocycles. The predicted molar refractivity (Wildman–Crippen MR) is 263 cm³/mol. The van der Waals surface area contributed by atoms with E-state index in [0.29, 0.717) is 11.5 Å². The van der Waals surface area contributed by atoms with E-state index in [1.165, 1.54) is 51.9 Å². The summed E-state index contributed by atoms with van der Waals surface area (Å²) in [6, 6.07) is 53.2. The Morgan fingerprint density at radius 1 is 0.470 bits per heavy atom. The van der Waals surface area contributed by atoms with Crippen LogP contribution in [0.1, 0.15) is 0 Å². The number of benzene rings is 6. The average Bonchev–Trinajstić information content (AvgIpc) is 3.35. The monoisotopic (exact) mass is 1020 g/mol. The van der Waals surface area contributed by atoms with Crippen molar-refractivity contribution in [3.05, 3.63) is 182 Å². The molecule has 0 saturated heterocycles. The van der Waals surface area contributed by atoms with Gasteiger partial charge in [-0.1, -0.05) is 0 Å². The maximum absolute atomic E-state index is 7.58. The Labute approximate surface area is 390 Å². The Morgan fingerprint density at radius 3 is 1.15 bits per heavy atom. The van der Waals surface area contributed by atoms with Gasteiger partial charge in [-0.15, -0.1) is 0 Å². The second-order valence-electron chi connectivity index (χ2n) is 13.2. The predicted octanol–water partition coefficient (Wildman–Crippen LogP) is 12.6. The van der Waals surface area contributed by atoms with Crippen LogP contribution in [0.4, 0.5) is 0 Å². The van der Waals surface area contributed by atoms with Gasteiger partial charge in [0.25, 0.3) is 0 Å². The minimum atomic E-state index is -6.38. The molecule has 0 fully saturated rings. The normalized spacial score (nSPS) is 21.4. The van der Waals surface area contributed by atoms with E-state index >= 15 is 0 Å². The van der Waals surface area contributed by atoms with Crippen molar-refractivity contribution in [2.75, 3.05) is 42.7 Å². The van der Waals surface area contributed by atoms with Crippen LogP contribution >= 0.6 is 49.0 Å². The van der Waals surface area contributed by atoms with Crippen LogP contribution in [0.3, 0.4) is 0 Å². The summed E-state index contributed by atoms with van der Waals surface area (Å²) in [6.45, 7) is 0. The summed E-state index contributed by atoms with van der Waals surface area (Å²) >= 11 is 0. The first kappa shape index (κ1) is 50.0. The number of nitrogens with zero attached hydrogens (tertiary/aromatic N) is 4. The Morgan fingerprint density at radius 2 is 0.833 bits per heavy atom. The summed E-state index contributed by atoms with van der Waals surface area (Å²) in [7, 11) is -11.5. The molecule has 6 aromatic rings. The molecule has 7 rings (SSSR count). The van der Waals surface area contributed by atoms with Gasteiger partial charge in [-0.2, -0.15) is 0 Å². The van der Waals surface area contributed by atoms with Gasteiger partial charge < -0.3 is 0 Å². The fraction of sp³-hybridized carbons (Fsp3) is 0.143. The Bertz CT molecular complexity index is 2350. The zero-order valence-corrected chi connectivity index (χ0v) is 42.4. The van der Waals surface area contributed by atoms with Crippen LogP contribution < -0.4 is 36.9 Å². The summed E-state index contributed by atoms with van der Waals surface area (Å²) in [6.07, 6.45) is 0. The summed E-state index contributed by atoms with van der Waals surface area (Å²) < 4.78 is 73.9. The van der Waals surface area contributed by atoms with Crippen molar-refractivity contribution < 1.29 is 55.2 Å². The molecule has 1 heterocycles. The first-order valence-electron chi connectivity index (χ1n) is 19.9. The fourth-order valence-electron chi connectivity index (χ4n) is 6.58. The van der Waals surface area contributed by atoms with Crippen LogP contribution in [-0.2, 0) is 28.1 Å². The van der Waals surface area contributed by atoms with Crippen LogP contribution in [0.25, 0.3) is 0 Å². The van der Waals surface area contributed by atoms with E-state index in [1.807, 2.05) is 60.7 Å². The molecule has 0 aliphatic carbocycles. The molecule has 66 heavy (non-hydrogen) atoms. The number of nitrogens with one attached hydrogen (secondary N) is 2. The van der Waals surface area contributed by atoms with E-state index in [-0.39, 0.29) is 31.9 Å². The molecular weight excluding hydrogens is 966 g/mol. The molecule has 0 spiro atoms. The van der Waals surface area contributed by atoms with E-state index < -0.39 is 40.2 Å². The molecule has 0 bridgehead atoms. The third kappa shape index (κ3) is 9.96. The maximum atomic E-state index is 7.58. The van der Waals surface area contributed by atoms with E-state index in [1.54, 1.807) is 121 Å². The van der Waals surface area contributed by atoms with E-state index in [2.05, 4.69) is 9.72 Å². The third-order valence-electron chi connectivity index (χ3n) is 9.20. The second-order valence-corrected chi connectivity index (χ2v) is 26.4. The van der Waals surface area contributed by atoms with Gasteiger partial charge in [-0.25, -0.2) is 0 Å². The Hall–Kier alpha value is -3.94. The van der Waals surface area contributed by atoms with Crippen LogP contribution in [-0.4, -0.2) is 56.5 Å². The number of para-hydroxylation sites is 6. The van der Waals surface area contributed by atoms with Crippen molar-refractivity contribution >= 4 is 49.0 Å². The first-order chi connectivity index (χ1) is 32.2. The second kappa shape index (κ2) is 22.4. The Kier molecular flexibility index (Phi) is 17.0. The molecule has 24 heteroatoms. The molecular formula is C42H52N6O12P6. The van der Waals surface area contributed by atoms with Crippen molar-refractivity contribution in [1.82, 2.24) is 23.5 Å². The van der Waals surface area contributed by atoms with Crippen molar-refractivity contribution in [3.63, 3.8) is 0 Å². The van der Waals surface area contributed by atoms with Crippen LogP contribution in [0.2, 0.25) is 0 Å². The van der Waals surface area contributed by atoms with E-state index in [0.717, 1.165) is 4.60 Å². The molecule has 6 aromatic carbocycles. The number of rotatable bonds is 18. The zero-order chi connectivity index (χ0) is 46.4. The third-order valence-corrected chi connectivity index (χ3v) is 26.1. The minimum absolute atomic E-state index is 0.173. The Balaban J connectivity index is 1.76. The molecule has 0 amide bonds. The molecule has 0 saturated carbocycles. The average molecular weight is 1020 g/mol. The van der Waals surface area contributed by atoms with Gasteiger partial charge in [0.05, 0.1) is 0 Å². The van der Waals surface area contributed by atoms with Gasteiger partial charge in [0.1, 0.15) is 0 Å². The molecule has 0 aromatic heterocycles. The van der Waals surface area contributed by atoms with Crippen LogP contribution in [0, 0.1) is 0 Å². The standard InChI is InChI=1S/C42H52N6O12P6/c1-49-46-63(52-4)44-61-43-62-45-64(55-37-25-13-7-14-26-37,56-38-27-15-8-16-28-38)47(50-2)66(54-6,59-41-33-21-11-22-34-41,60-42-35-23-12-24-36-42)48(51-3)65(46,53-5,57-39-29-17-9-18-30-39)58-40-31-19-10-20-32-40/h7-36,43-44,61-62H,1-6H3. The van der Waals surface area contributed by atoms with Crippen molar-refractivity contribution in [2.24, 2.45) is 4.52 Å². The van der Waals surface area contributed by atoms with E-state index in [9.17, 15) is 0 Å². The molecule has 3 unspecified atom stereocenters. The van der Waals surface area contributed by atoms with Gasteiger partial charge in [0.15, 0.2) is 0 Å². The van der Waals surface area contributed by atoms with Gasteiger partial charge >= 0.3 is 391 Å². The molecule has 1 aliphatic rings. The topological polar surface area (TPSA) is 157 Å². The summed E-state index contributed by atoms with van der Waals surface area (Å²) in [5.74, 6) is 1.42. The van der Waals surface area contributed by atoms with Gasteiger partial charge in [-0.05, 0) is 0 Å². The molecule has 2 N–H and O–H groups in total. The molecule has 0 radical (unpaired) electrons. The summed E-state index contributed by atoms with van der Waals surface area (Å²) in [5, 5.41) is 0. The van der Waals surface area contributed by atoms with Gasteiger partial charge in [-0.3, -0.25) is 0 Å².